The lowest BCUT2D eigenvalue weighted by Crippen LogP contribution is -2.45. The van der Waals surface area contributed by atoms with E-state index >= 15 is 0 Å². The summed E-state index contributed by atoms with van der Waals surface area (Å²) in [5, 5.41) is 14.4. The number of carboxylic acid groups (broad SMARTS) is 1. The number of carboxylic acids is 1. The molecule has 214 valence electrons. The van der Waals surface area contributed by atoms with E-state index in [1.54, 1.807) is 12.1 Å². The summed E-state index contributed by atoms with van der Waals surface area (Å²) in [5.41, 5.74) is 4.35. The molecule has 7 heteroatoms. The number of carbonyl (C=O) groups is 1. The van der Waals surface area contributed by atoms with Crippen molar-refractivity contribution in [2.45, 2.75) is 70.4 Å². The lowest BCUT2D eigenvalue weighted by molar-refractivity contribution is -0.139. The quantitative estimate of drug-likeness (QED) is 0.349. The predicted molar refractivity (Wildman–Crippen MR) is 156 cm³/mol. The maximum atomic E-state index is 14.2. The van der Waals surface area contributed by atoms with Gasteiger partial charge in [-0.2, -0.15) is 5.10 Å². The van der Waals surface area contributed by atoms with Gasteiger partial charge in [0.15, 0.2) is 0 Å². The number of likely N-dealkylation sites (tertiary alicyclic amines) is 2. The fraction of sp³-hybridized carbons (Fsp3) is 0.515. The van der Waals surface area contributed by atoms with E-state index in [2.05, 4.69) is 51.7 Å². The molecule has 1 N–H and O–H groups in total. The van der Waals surface area contributed by atoms with E-state index in [9.17, 15) is 14.3 Å². The Labute approximate surface area is 237 Å². The van der Waals surface area contributed by atoms with Crippen LogP contribution in [0.1, 0.15) is 74.4 Å². The Kier molecular flexibility index (Phi) is 8.71. The first kappa shape index (κ1) is 28.5. The van der Waals surface area contributed by atoms with Crippen LogP contribution in [0.4, 0.5) is 4.39 Å². The van der Waals surface area contributed by atoms with Gasteiger partial charge in [-0.25, -0.2) is 4.39 Å². The van der Waals surface area contributed by atoms with E-state index < -0.39 is 11.5 Å². The fourth-order valence-electron chi connectivity index (χ4n) is 6.85. The van der Waals surface area contributed by atoms with Crippen LogP contribution < -0.4 is 0 Å². The van der Waals surface area contributed by atoms with Gasteiger partial charge in [0.25, 0.3) is 0 Å². The number of nitrogens with zero attached hydrogens (tertiary/aromatic N) is 4. The lowest BCUT2D eigenvalue weighted by Gasteiger charge is -2.36. The molecule has 1 aromatic heterocycles. The highest BCUT2D eigenvalue weighted by atomic mass is 19.1. The second-order valence-electron chi connectivity index (χ2n) is 12.3. The first-order chi connectivity index (χ1) is 19.2. The van der Waals surface area contributed by atoms with Crippen molar-refractivity contribution in [3.63, 3.8) is 0 Å². The molecule has 2 fully saturated rings. The largest absolute Gasteiger partial charge is 0.481 e. The Hall–Kier alpha value is -3.03. The summed E-state index contributed by atoms with van der Waals surface area (Å²) in [6.07, 6.45) is 3.15. The highest BCUT2D eigenvalue weighted by Gasteiger charge is 2.42. The van der Waals surface area contributed by atoms with Crippen LogP contribution in [0.15, 0.2) is 60.7 Å². The van der Waals surface area contributed by atoms with Crippen molar-refractivity contribution in [3.05, 3.63) is 89.0 Å². The second kappa shape index (κ2) is 12.2. The molecule has 0 radical (unpaired) electrons. The summed E-state index contributed by atoms with van der Waals surface area (Å²) < 4.78 is 16.4. The van der Waals surface area contributed by atoms with Crippen molar-refractivity contribution in [3.8, 4) is 0 Å². The van der Waals surface area contributed by atoms with Crippen molar-refractivity contribution in [1.29, 1.82) is 0 Å². The normalized spacial score (nSPS) is 21.2. The van der Waals surface area contributed by atoms with Crippen molar-refractivity contribution < 1.29 is 14.3 Å². The number of benzene rings is 2. The molecule has 2 aliphatic rings. The van der Waals surface area contributed by atoms with E-state index in [1.165, 1.54) is 17.3 Å². The number of hydrogen-bond donors (Lipinski definition) is 1. The zero-order chi connectivity index (χ0) is 28.3. The summed E-state index contributed by atoms with van der Waals surface area (Å²) in [5.74, 6) is 0.0194. The highest BCUT2D eigenvalue weighted by Crippen LogP contribution is 2.39. The molecule has 2 aliphatic heterocycles. The van der Waals surface area contributed by atoms with Gasteiger partial charge in [0.1, 0.15) is 5.82 Å². The van der Waals surface area contributed by atoms with E-state index in [0.717, 1.165) is 69.8 Å². The molecular weight excluding hydrogens is 503 g/mol. The van der Waals surface area contributed by atoms with Gasteiger partial charge in [0.2, 0.25) is 0 Å². The molecule has 2 saturated heterocycles. The summed E-state index contributed by atoms with van der Waals surface area (Å²) in [4.78, 5) is 16.4. The minimum absolute atomic E-state index is 0.0956. The van der Waals surface area contributed by atoms with Crippen LogP contribution in [0.5, 0.6) is 0 Å². The highest BCUT2D eigenvalue weighted by molar-refractivity contribution is 5.68. The number of aryl methyl sites for hydroxylation is 1. The number of rotatable bonds is 10. The van der Waals surface area contributed by atoms with Crippen LogP contribution in [0.2, 0.25) is 0 Å². The van der Waals surface area contributed by atoms with Crippen molar-refractivity contribution >= 4 is 5.97 Å². The maximum absolute atomic E-state index is 14.2. The van der Waals surface area contributed by atoms with Crippen LogP contribution >= 0.6 is 0 Å². The topological polar surface area (TPSA) is 61.6 Å². The molecule has 0 amide bonds. The summed E-state index contributed by atoms with van der Waals surface area (Å²) >= 11 is 0. The standard InChI is InChI=1S/C33H43FN4O2/c1-4-38-31(19-29(35-38)17-24-9-6-5-7-10-24)25-13-15-36(16-14-25)21-27-22-37(33(2,3)20-32(39)40)23-30(27)26-11-8-12-28(34)18-26/h5-12,18-19,25,27,30H,4,13-17,20-23H2,1-3H3,(H,39,40)/t27-,30+/m0/s1. The molecule has 2 aromatic carbocycles. The lowest BCUT2D eigenvalue weighted by atomic mass is 9.87. The van der Waals surface area contributed by atoms with E-state index in [0.29, 0.717) is 11.8 Å². The van der Waals surface area contributed by atoms with Gasteiger partial charge >= 0.3 is 5.97 Å². The molecule has 0 unspecified atom stereocenters. The maximum Gasteiger partial charge on any atom is 0.305 e. The zero-order valence-electron chi connectivity index (χ0n) is 24.1. The number of aliphatic carboxylic acids is 1. The molecule has 3 heterocycles. The minimum Gasteiger partial charge on any atom is -0.481 e. The molecular formula is C33H43FN4O2. The van der Waals surface area contributed by atoms with Gasteiger partial charge in [-0.05, 0) is 81.9 Å². The van der Waals surface area contributed by atoms with Crippen LogP contribution in [0.3, 0.4) is 0 Å². The van der Waals surface area contributed by atoms with Crippen LogP contribution in [0, 0.1) is 11.7 Å². The third kappa shape index (κ3) is 6.64. The van der Waals surface area contributed by atoms with Gasteiger partial charge in [-0.1, -0.05) is 42.5 Å². The molecule has 0 saturated carbocycles. The number of hydrogen-bond acceptors (Lipinski definition) is 4. The van der Waals surface area contributed by atoms with Gasteiger partial charge in [0, 0.05) is 55.7 Å². The van der Waals surface area contributed by atoms with Crippen LogP contribution in [-0.2, 0) is 17.8 Å². The average Bonchev–Trinajstić information content (AvgIpc) is 3.54. The predicted octanol–water partition coefficient (Wildman–Crippen LogP) is 5.78. The van der Waals surface area contributed by atoms with Crippen molar-refractivity contribution in [2.75, 3.05) is 32.7 Å². The molecule has 40 heavy (non-hydrogen) atoms. The number of aromatic nitrogens is 2. The second-order valence-corrected chi connectivity index (χ2v) is 12.3. The van der Waals surface area contributed by atoms with Gasteiger partial charge in [-0.3, -0.25) is 14.4 Å². The van der Waals surface area contributed by atoms with E-state index in [-0.39, 0.29) is 18.2 Å². The molecule has 3 aromatic rings. The number of halogens is 1. The first-order valence-electron chi connectivity index (χ1n) is 14.8. The zero-order valence-corrected chi connectivity index (χ0v) is 24.1. The van der Waals surface area contributed by atoms with E-state index in [1.807, 2.05) is 26.0 Å². The average molecular weight is 547 g/mol. The van der Waals surface area contributed by atoms with Gasteiger partial charge < -0.3 is 10.0 Å². The third-order valence-corrected chi connectivity index (χ3v) is 9.05. The SMILES string of the molecule is CCn1nc(Cc2ccccc2)cc1C1CCN(C[C@H]2CN(C(C)(C)CC(=O)O)C[C@@H]2c2cccc(F)c2)CC1. The van der Waals surface area contributed by atoms with Gasteiger partial charge in [0.05, 0.1) is 12.1 Å². The summed E-state index contributed by atoms with van der Waals surface area (Å²) in [6.45, 7) is 11.7. The van der Waals surface area contributed by atoms with Gasteiger partial charge in [-0.15, -0.1) is 0 Å². The van der Waals surface area contributed by atoms with Crippen LogP contribution in [0.25, 0.3) is 0 Å². The Morgan fingerprint density at radius 2 is 1.80 bits per heavy atom. The van der Waals surface area contributed by atoms with Crippen LogP contribution in [-0.4, -0.2) is 68.9 Å². The number of piperidine rings is 1. The van der Waals surface area contributed by atoms with E-state index in [4.69, 9.17) is 5.10 Å². The summed E-state index contributed by atoms with van der Waals surface area (Å²) in [7, 11) is 0. The first-order valence-corrected chi connectivity index (χ1v) is 14.8. The molecule has 0 aliphatic carbocycles. The molecule has 0 spiro atoms. The molecule has 5 rings (SSSR count). The van der Waals surface area contributed by atoms with Crippen molar-refractivity contribution in [1.82, 2.24) is 19.6 Å². The van der Waals surface area contributed by atoms with Crippen molar-refractivity contribution in [2.24, 2.45) is 5.92 Å². The Balaban J connectivity index is 1.25. The Morgan fingerprint density at radius 1 is 1.05 bits per heavy atom. The molecule has 6 nitrogen and oxygen atoms in total. The minimum atomic E-state index is -0.781. The monoisotopic (exact) mass is 546 g/mol. The Bertz CT molecular complexity index is 1280. The third-order valence-electron chi connectivity index (χ3n) is 9.05. The Morgan fingerprint density at radius 3 is 2.48 bits per heavy atom. The smallest absolute Gasteiger partial charge is 0.305 e. The molecule has 2 atom stereocenters. The fourth-order valence-corrected chi connectivity index (χ4v) is 6.85. The summed E-state index contributed by atoms with van der Waals surface area (Å²) in [6, 6.07) is 19.8. The molecule has 0 bridgehead atoms.